The van der Waals surface area contributed by atoms with Crippen molar-refractivity contribution in [1.82, 2.24) is 9.13 Å². The van der Waals surface area contributed by atoms with Gasteiger partial charge in [-0.15, -0.1) is 0 Å². The summed E-state index contributed by atoms with van der Waals surface area (Å²) in [6.45, 7) is 8.54. The first-order chi connectivity index (χ1) is 24.0. The lowest BCUT2D eigenvalue weighted by Gasteiger charge is -2.26. The van der Waals surface area contributed by atoms with Crippen molar-refractivity contribution in [2.75, 3.05) is 0 Å². The number of benzene rings is 7. The maximum absolute atomic E-state index is 3.92. The van der Waals surface area contributed by atoms with Gasteiger partial charge in [0.05, 0.1) is 22.1 Å². The van der Waals surface area contributed by atoms with Gasteiger partial charge in [-0.2, -0.15) is 0 Å². The minimum atomic E-state index is -0.143. The third-order valence-electron chi connectivity index (χ3n) is 10.4. The van der Waals surface area contributed by atoms with Crippen LogP contribution in [-0.2, 0) is 5.41 Å². The predicted molar refractivity (Wildman–Crippen MR) is 209 cm³/mol. The first-order valence-corrected chi connectivity index (χ1v) is 17.0. The van der Waals surface area contributed by atoms with Crippen molar-refractivity contribution in [1.29, 1.82) is 0 Å². The van der Waals surface area contributed by atoms with Gasteiger partial charge in [0.2, 0.25) is 0 Å². The molecule has 0 fully saturated rings. The Bertz CT molecular complexity index is 2610. The number of para-hydroxylation sites is 3. The monoisotopic (exact) mass is 628 g/mol. The molecule has 0 atom stereocenters. The van der Waals surface area contributed by atoms with E-state index >= 15 is 0 Å². The molecule has 0 aliphatic carbocycles. The fraction of sp³-hybridized carbons (Fsp3) is 0.0638. The Kier molecular flexibility index (Phi) is 6.67. The van der Waals surface area contributed by atoms with Gasteiger partial charge in [-0.3, -0.25) is 0 Å². The number of aromatic nitrogens is 2. The highest BCUT2D eigenvalue weighted by Gasteiger charge is 2.24. The summed E-state index contributed by atoms with van der Waals surface area (Å²) in [5, 5.41) is 5.10. The van der Waals surface area contributed by atoms with Gasteiger partial charge in [0.1, 0.15) is 0 Å². The number of fused-ring (bicyclic) bond motifs is 6. The van der Waals surface area contributed by atoms with E-state index in [-0.39, 0.29) is 5.41 Å². The van der Waals surface area contributed by atoms with Crippen molar-refractivity contribution in [3.63, 3.8) is 0 Å². The lowest BCUT2D eigenvalue weighted by atomic mass is 9.77. The molecule has 9 aromatic rings. The van der Waals surface area contributed by atoms with Gasteiger partial charge >= 0.3 is 0 Å². The van der Waals surface area contributed by atoms with E-state index in [0.717, 1.165) is 11.3 Å². The zero-order valence-electron chi connectivity index (χ0n) is 27.8. The van der Waals surface area contributed by atoms with Gasteiger partial charge in [0, 0.05) is 38.3 Å². The molecule has 0 amide bonds. The molecule has 0 radical (unpaired) electrons. The second-order valence-electron chi connectivity index (χ2n) is 13.5. The maximum atomic E-state index is 3.92. The fourth-order valence-corrected chi connectivity index (χ4v) is 7.65. The van der Waals surface area contributed by atoms with E-state index in [9.17, 15) is 0 Å². The van der Waals surface area contributed by atoms with Crippen LogP contribution < -0.4 is 0 Å². The third-order valence-corrected chi connectivity index (χ3v) is 10.4. The summed E-state index contributed by atoms with van der Waals surface area (Å²) in [7, 11) is 0. The third kappa shape index (κ3) is 4.63. The molecule has 2 nitrogen and oxygen atoms in total. The molecule has 0 N–H and O–H groups in total. The Morgan fingerprint density at radius 1 is 0.429 bits per heavy atom. The average molecular weight is 629 g/mol. The second kappa shape index (κ2) is 11.2. The van der Waals surface area contributed by atoms with E-state index in [1.54, 1.807) is 0 Å². The SMILES string of the molecule is C=Cc1ccc(C(C)(C)c2ccc3c(c2)c2ccccc2n3-c2ccc(-c3ccc(-n4c5ccccc5c5ccccc54)cc3)cc2)cc1. The summed E-state index contributed by atoms with van der Waals surface area (Å²) in [6.07, 6.45) is 1.90. The van der Waals surface area contributed by atoms with Crippen LogP contribution >= 0.6 is 0 Å². The van der Waals surface area contributed by atoms with E-state index in [1.165, 1.54) is 71.6 Å². The van der Waals surface area contributed by atoms with Crippen LogP contribution in [-0.4, -0.2) is 9.13 Å². The molecule has 0 unspecified atom stereocenters. The van der Waals surface area contributed by atoms with Crippen LogP contribution in [0.5, 0.6) is 0 Å². The van der Waals surface area contributed by atoms with E-state index < -0.39 is 0 Å². The molecular weight excluding hydrogens is 593 g/mol. The molecule has 7 aromatic carbocycles. The van der Waals surface area contributed by atoms with E-state index in [0.29, 0.717) is 0 Å². The van der Waals surface area contributed by atoms with Crippen molar-refractivity contribution in [2.24, 2.45) is 0 Å². The standard InChI is InChI=1S/C47H36N2/c1-4-32-17-23-35(24-18-32)47(2,3)36-25-30-46-42(31-36)41-13-7-10-16-45(41)49(46)38-28-21-34(22-29-38)33-19-26-37(27-20-33)48-43-14-8-5-11-39(43)40-12-6-9-15-44(40)48/h4-31H,1H2,2-3H3. The van der Waals surface area contributed by atoms with Crippen molar-refractivity contribution in [3.8, 4) is 22.5 Å². The van der Waals surface area contributed by atoms with Crippen LogP contribution in [0.2, 0.25) is 0 Å². The van der Waals surface area contributed by atoms with E-state index in [4.69, 9.17) is 0 Å². The van der Waals surface area contributed by atoms with Gasteiger partial charge in [-0.05, 0) is 82.4 Å². The van der Waals surface area contributed by atoms with Gasteiger partial charge in [-0.25, -0.2) is 0 Å². The first kappa shape index (κ1) is 29.1. The number of nitrogens with zero attached hydrogens (tertiary/aromatic N) is 2. The molecule has 9 rings (SSSR count). The first-order valence-electron chi connectivity index (χ1n) is 17.0. The molecule has 49 heavy (non-hydrogen) atoms. The number of rotatable bonds is 6. The molecule has 0 aliphatic heterocycles. The number of hydrogen-bond acceptors (Lipinski definition) is 0. The Morgan fingerprint density at radius 3 is 1.31 bits per heavy atom. The summed E-state index contributed by atoms with van der Waals surface area (Å²) in [5.41, 5.74) is 13.2. The minimum absolute atomic E-state index is 0.143. The molecule has 2 heterocycles. The Morgan fingerprint density at radius 2 is 0.837 bits per heavy atom. The molecule has 2 aromatic heterocycles. The summed E-state index contributed by atoms with van der Waals surface area (Å²) in [4.78, 5) is 0. The zero-order chi connectivity index (χ0) is 33.1. The molecule has 0 saturated carbocycles. The quantitative estimate of drug-likeness (QED) is 0.173. The van der Waals surface area contributed by atoms with Gasteiger partial charge < -0.3 is 9.13 Å². The van der Waals surface area contributed by atoms with Crippen molar-refractivity contribution in [2.45, 2.75) is 19.3 Å². The van der Waals surface area contributed by atoms with Crippen LogP contribution in [0.4, 0.5) is 0 Å². The van der Waals surface area contributed by atoms with Crippen LogP contribution in [0.15, 0.2) is 170 Å². The fourth-order valence-electron chi connectivity index (χ4n) is 7.65. The summed E-state index contributed by atoms with van der Waals surface area (Å²) >= 11 is 0. The van der Waals surface area contributed by atoms with Crippen LogP contribution in [0.1, 0.15) is 30.5 Å². The smallest absolute Gasteiger partial charge is 0.0541 e. The van der Waals surface area contributed by atoms with Gasteiger partial charge in [0.25, 0.3) is 0 Å². The molecule has 2 heteroatoms. The topological polar surface area (TPSA) is 9.86 Å². The highest BCUT2D eigenvalue weighted by atomic mass is 15.0. The van der Waals surface area contributed by atoms with E-state index in [2.05, 4.69) is 193 Å². The lowest BCUT2D eigenvalue weighted by molar-refractivity contribution is 0.642. The van der Waals surface area contributed by atoms with Crippen molar-refractivity contribution >= 4 is 49.7 Å². The largest absolute Gasteiger partial charge is 0.309 e. The lowest BCUT2D eigenvalue weighted by Crippen LogP contribution is -2.18. The Labute approximate surface area is 286 Å². The van der Waals surface area contributed by atoms with Crippen LogP contribution in [0, 0.1) is 0 Å². The Hall–Kier alpha value is -6.12. The van der Waals surface area contributed by atoms with Crippen molar-refractivity contribution in [3.05, 3.63) is 187 Å². The van der Waals surface area contributed by atoms with Crippen molar-refractivity contribution < 1.29 is 0 Å². The molecule has 0 bridgehead atoms. The molecule has 0 spiro atoms. The molecule has 0 saturated heterocycles. The summed E-state index contributed by atoms with van der Waals surface area (Å²) < 4.78 is 4.76. The molecule has 234 valence electrons. The number of hydrogen-bond donors (Lipinski definition) is 0. The molecular formula is C47H36N2. The summed E-state index contributed by atoms with van der Waals surface area (Å²) in [5.74, 6) is 0. The van der Waals surface area contributed by atoms with Gasteiger partial charge in [-0.1, -0.05) is 136 Å². The maximum Gasteiger partial charge on any atom is 0.0541 e. The average Bonchev–Trinajstić information content (AvgIpc) is 3.68. The second-order valence-corrected chi connectivity index (χ2v) is 13.5. The molecule has 0 aliphatic rings. The van der Waals surface area contributed by atoms with Crippen LogP contribution in [0.3, 0.4) is 0 Å². The van der Waals surface area contributed by atoms with E-state index in [1.807, 2.05) is 6.08 Å². The normalized spacial score (nSPS) is 12.0. The minimum Gasteiger partial charge on any atom is -0.309 e. The van der Waals surface area contributed by atoms with Gasteiger partial charge in [0.15, 0.2) is 0 Å². The highest BCUT2D eigenvalue weighted by molar-refractivity contribution is 6.10. The Balaban J connectivity index is 1.08. The highest BCUT2D eigenvalue weighted by Crippen LogP contribution is 2.38. The van der Waals surface area contributed by atoms with Crippen LogP contribution in [0.25, 0.3) is 72.2 Å². The predicted octanol–water partition coefficient (Wildman–Crippen LogP) is 12.5. The zero-order valence-corrected chi connectivity index (χ0v) is 27.8. The summed E-state index contributed by atoms with van der Waals surface area (Å²) in [6, 6.07) is 59.8.